The maximum absolute atomic E-state index is 12.8. The van der Waals surface area contributed by atoms with E-state index in [4.69, 9.17) is 29.3 Å². The van der Waals surface area contributed by atoms with E-state index < -0.39 is 18.0 Å². The zero-order chi connectivity index (χ0) is 25.5. The molecule has 1 unspecified atom stereocenters. The lowest BCUT2D eigenvalue weighted by Gasteiger charge is -2.16. The number of benzene rings is 2. The predicted octanol–water partition coefficient (Wildman–Crippen LogP) is 1.80. The molecule has 0 spiro atoms. The Balaban J connectivity index is 0.000000509. The molecule has 0 radical (unpaired) electrons. The molecule has 0 bridgehead atoms. The molecule has 2 amide bonds. The molecule has 1 aliphatic heterocycles. The Hall–Kier alpha value is -4.38. The van der Waals surface area contributed by atoms with E-state index in [0.29, 0.717) is 18.0 Å². The predicted molar refractivity (Wildman–Crippen MR) is 126 cm³/mol. The molecule has 184 valence electrons. The fourth-order valence-electron chi connectivity index (χ4n) is 3.68. The van der Waals surface area contributed by atoms with E-state index in [2.05, 4.69) is 10.3 Å². The quantitative estimate of drug-likeness (QED) is 0.290. The van der Waals surface area contributed by atoms with E-state index in [-0.39, 0.29) is 18.2 Å². The molecule has 0 saturated carbocycles. The number of carboxylic acid groups (broad SMARTS) is 2. The number of aliphatic carboxylic acids is 2. The Morgan fingerprint density at radius 2 is 1.74 bits per heavy atom. The molecule has 0 aliphatic carbocycles. The van der Waals surface area contributed by atoms with Crippen molar-refractivity contribution in [2.75, 3.05) is 25.7 Å². The molecule has 3 aromatic rings. The van der Waals surface area contributed by atoms with Gasteiger partial charge in [0.15, 0.2) is 0 Å². The number of H-pyrrole nitrogens is 1. The molecule has 11 heteroatoms. The number of carboxylic acids is 2. The number of carbonyl (C=O) groups excluding carboxylic acids is 2. The first-order chi connectivity index (χ1) is 16.7. The molecule has 35 heavy (non-hydrogen) atoms. The van der Waals surface area contributed by atoms with Crippen molar-refractivity contribution in [3.63, 3.8) is 0 Å². The third-order valence-corrected chi connectivity index (χ3v) is 5.40. The summed E-state index contributed by atoms with van der Waals surface area (Å²) >= 11 is 0. The number of anilines is 1. The van der Waals surface area contributed by atoms with Gasteiger partial charge in [-0.1, -0.05) is 6.07 Å². The van der Waals surface area contributed by atoms with Crippen molar-refractivity contribution >= 4 is 40.3 Å². The molecule has 2 aromatic carbocycles. The minimum absolute atomic E-state index is 0.151. The Morgan fingerprint density at radius 3 is 2.40 bits per heavy atom. The number of carbonyl (C=O) groups is 4. The van der Waals surface area contributed by atoms with Crippen LogP contribution in [0.4, 0.5) is 5.69 Å². The third kappa shape index (κ3) is 5.95. The van der Waals surface area contributed by atoms with Crippen LogP contribution < -0.4 is 19.7 Å². The first-order valence-electron chi connectivity index (χ1n) is 10.6. The normalized spacial score (nSPS) is 15.0. The van der Waals surface area contributed by atoms with E-state index in [0.717, 1.165) is 28.6 Å². The SMILES string of the molecule is COc1cccc(N2C(=O)CC(NCCc3c[nH]c4ccc(OC)cc34)C2=O)c1.O=C(O)C(=O)O. The van der Waals surface area contributed by atoms with Gasteiger partial charge in [-0.25, -0.2) is 14.5 Å². The fourth-order valence-corrected chi connectivity index (χ4v) is 3.68. The van der Waals surface area contributed by atoms with E-state index in [9.17, 15) is 9.59 Å². The molecule has 1 aliphatic rings. The summed E-state index contributed by atoms with van der Waals surface area (Å²) < 4.78 is 10.5. The molecular weight excluding hydrogens is 458 g/mol. The van der Waals surface area contributed by atoms with Gasteiger partial charge >= 0.3 is 11.9 Å². The number of rotatable bonds is 7. The van der Waals surface area contributed by atoms with Crippen LogP contribution in [0, 0.1) is 0 Å². The van der Waals surface area contributed by atoms with Crippen molar-refractivity contribution < 1.29 is 38.9 Å². The second kappa shape index (κ2) is 11.2. The number of fused-ring (bicyclic) bond motifs is 1. The van der Waals surface area contributed by atoms with Crippen LogP contribution in [0.1, 0.15) is 12.0 Å². The van der Waals surface area contributed by atoms with Gasteiger partial charge in [-0.2, -0.15) is 0 Å². The summed E-state index contributed by atoms with van der Waals surface area (Å²) in [5.74, 6) is -2.68. The minimum atomic E-state index is -1.82. The van der Waals surface area contributed by atoms with Gasteiger partial charge in [0.1, 0.15) is 11.5 Å². The van der Waals surface area contributed by atoms with Gasteiger partial charge in [0.2, 0.25) is 5.91 Å². The Bertz CT molecular complexity index is 1240. The highest BCUT2D eigenvalue weighted by Gasteiger charge is 2.39. The molecule has 11 nitrogen and oxygen atoms in total. The summed E-state index contributed by atoms with van der Waals surface area (Å²) in [7, 11) is 3.20. The number of hydrogen-bond acceptors (Lipinski definition) is 7. The number of methoxy groups -OCH3 is 2. The summed E-state index contributed by atoms with van der Waals surface area (Å²) in [6.45, 7) is 0.583. The van der Waals surface area contributed by atoms with Gasteiger partial charge in [-0.3, -0.25) is 9.59 Å². The van der Waals surface area contributed by atoms with Crippen molar-refractivity contribution in [2.24, 2.45) is 0 Å². The molecule has 4 rings (SSSR count). The molecule has 1 aromatic heterocycles. The molecule has 1 atom stereocenters. The van der Waals surface area contributed by atoms with Crippen LogP contribution in [0.15, 0.2) is 48.7 Å². The standard InChI is InChI=1S/C22H23N3O4.C2H2O4/c1-28-16-5-3-4-15(10-16)25-21(26)12-20(22(25)27)23-9-8-14-13-24-19-7-6-17(29-2)11-18(14)19;3-1(4)2(5)6/h3-7,10-11,13,20,23-24H,8-9,12H2,1-2H3;(H,3,4)(H,5,6). The van der Waals surface area contributed by atoms with Crippen molar-refractivity contribution in [1.29, 1.82) is 0 Å². The van der Waals surface area contributed by atoms with Crippen molar-refractivity contribution in [2.45, 2.75) is 18.9 Å². The first-order valence-corrected chi connectivity index (χ1v) is 10.6. The maximum Gasteiger partial charge on any atom is 0.414 e. The number of aromatic amines is 1. The van der Waals surface area contributed by atoms with Crippen molar-refractivity contribution in [1.82, 2.24) is 10.3 Å². The van der Waals surface area contributed by atoms with Crippen LogP contribution in [0.2, 0.25) is 0 Å². The molecule has 2 heterocycles. The fraction of sp³-hybridized carbons (Fsp3) is 0.250. The largest absolute Gasteiger partial charge is 0.497 e. The van der Waals surface area contributed by atoms with E-state index in [1.165, 1.54) is 4.90 Å². The van der Waals surface area contributed by atoms with Gasteiger partial charge < -0.3 is 30.0 Å². The lowest BCUT2D eigenvalue weighted by Crippen LogP contribution is -2.39. The van der Waals surface area contributed by atoms with Crippen LogP contribution >= 0.6 is 0 Å². The monoisotopic (exact) mass is 483 g/mol. The Labute approximate surface area is 200 Å². The zero-order valence-electron chi connectivity index (χ0n) is 19.1. The summed E-state index contributed by atoms with van der Waals surface area (Å²) in [4.78, 5) is 47.9. The lowest BCUT2D eigenvalue weighted by molar-refractivity contribution is -0.159. The minimum Gasteiger partial charge on any atom is -0.497 e. The number of ether oxygens (including phenoxy) is 2. The van der Waals surface area contributed by atoms with Crippen LogP contribution in [0.3, 0.4) is 0 Å². The lowest BCUT2D eigenvalue weighted by atomic mass is 10.1. The highest BCUT2D eigenvalue weighted by Crippen LogP contribution is 2.27. The molecule has 1 fully saturated rings. The molecular formula is C24H25N3O8. The van der Waals surface area contributed by atoms with Crippen LogP contribution in [-0.4, -0.2) is 65.8 Å². The van der Waals surface area contributed by atoms with Crippen LogP contribution in [0.25, 0.3) is 10.9 Å². The number of amides is 2. The number of hydrogen-bond donors (Lipinski definition) is 4. The Morgan fingerprint density at radius 1 is 1.06 bits per heavy atom. The second-order valence-corrected chi connectivity index (χ2v) is 7.57. The zero-order valence-corrected chi connectivity index (χ0v) is 19.1. The molecule has 1 saturated heterocycles. The smallest absolute Gasteiger partial charge is 0.414 e. The van der Waals surface area contributed by atoms with Crippen LogP contribution in [-0.2, 0) is 25.6 Å². The average Bonchev–Trinajstić information content (AvgIpc) is 3.38. The van der Waals surface area contributed by atoms with E-state index in [1.54, 1.807) is 38.5 Å². The average molecular weight is 483 g/mol. The van der Waals surface area contributed by atoms with Gasteiger partial charge in [-0.15, -0.1) is 0 Å². The highest BCUT2D eigenvalue weighted by atomic mass is 16.5. The highest BCUT2D eigenvalue weighted by molar-refractivity contribution is 6.27. The van der Waals surface area contributed by atoms with Gasteiger partial charge in [-0.05, 0) is 42.3 Å². The summed E-state index contributed by atoms with van der Waals surface area (Å²) in [6, 6.07) is 12.3. The second-order valence-electron chi connectivity index (χ2n) is 7.57. The number of nitrogens with one attached hydrogen (secondary N) is 2. The number of nitrogens with zero attached hydrogens (tertiary/aromatic N) is 1. The van der Waals surface area contributed by atoms with Gasteiger partial charge in [0, 0.05) is 29.7 Å². The van der Waals surface area contributed by atoms with E-state index >= 15 is 0 Å². The third-order valence-electron chi connectivity index (χ3n) is 5.40. The Kier molecular flexibility index (Phi) is 8.05. The van der Waals surface area contributed by atoms with Gasteiger partial charge in [0.05, 0.1) is 32.4 Å². The van der Waals surface area contributed by atoms with Gasteiger partial charge in [0.25, 0.3) is 5.91 Å². The maximum atomic E-state index is 12.8. The number of aromatic nitrogens is 1. The summed E-state index contributed by atoms with van der Waals surface area (Å²) in [5.41, 5.74) is 2.71. The van der Waals surface area contributed by atoms with Crippen molar-refractivity contribution in [3.05, 3.63) is 54.2 Å². The van der Waals surface area contributed by atoms with Crippen molar-refractivity contribution in [3.8, 4) is 11.5 Å². The first kappa shape index (κ1) is 25.2. The summed E-state index contributed by atoms with van der Waals surface area (Å²) in [6.07, 6.45) is 2.85. The number of imide groups is 1. The van der Waals surface area contributed by atoms with Crippen LogP contribution in [0.5, 0.6) is 11.5 Å². The topological polar surface area (TPSA) is 158 Å². The summed E-state index contributed by atoms with van der Waals surface area (Å²) in [5, 5.41) is 19.1. The van der Waals surface area contributed by atoms with E-state index in [1.807, 2.05) is 24.4 Å². The molecule has 4 N–H and O–H groups in total.